The van der Waals surface area contributed by atoms with Crippen molar-refractivity contribution in [1.82, 2.24) is 14.5 Å². The van der Waals surface area contributed by atoms with Crippen LogP contribution in [0.5, 0.6) is 0 Å². The van der Waals surface area contributed by atoms with Crippen LogP contribution < -0.4 is 11.3 Å². The first-order chi connectivity index (χ1) is 7.58. The molecule has 2 rings (SSSR count). The zero-order valence-corrected chi connectivity index (χ0v) is 8.60. The maximum atomic E-state index is 11.6. The number of hydrogen-bond donors (Lipinski definition) is 2. The van der Waals surface area contributed by atoms with Gasteiger partial charge in [-0.1, -0.05) is 0 Å². The Morgan fingerprint density at radius 2 is 2.25 bits per heavy atom. The standard InChI is InChI=1S/C10H10N4O2/c1-6-4-14(5-12-6)8-3-2-7(9(11)15)13-10(8)16/h2-5H,1H3,(H2,11,15)(H,13,16). The average molecular weight is 218 g/mol. The topological polar surface area (TPSA) is 93.8 Å². The molecule has 6 nitrogen and oxygen atoms in total. The highest BCUT2D eigenvalue weighted by molar-refractivity contribution is 5.90. The summed E-state index contributed by atoms with van der Waals surface area (Å²) in [7, 11) is 0. The molecule has 0 bridgehead atoms. The number of amides is 1. The summed E-state index contributed by atoms with van der Waals surface area (Å²) < 4.78 is 1.58. The van der Waals surface area contributed by atoms with E-state index in [4.69, 9.17) is 5.73 Å². The van der Waals surface area contributed by atoms with Crippen LogP contribution >= 0.6 is 0 Å². The van der Waals surface area contributed by atoms with Crippen molar-refractivity contribution in [2.24, 2.45) is 5.73 Å². The quantitative estimate of drug-likeness (QED) is 0.741. The molecule has 0 unspecified atom stereocenters. The molecule has 2 heterocycles. The Hall–Kier alpha value is -2.37. The van der Waals surface area contributed by atoms with E-state index in [1.165, 1.54) is 18.5 Å². The van der Waals surface area contributed by atoms with Crippen LogP contribution in [0.25, 0.3) is 5.69 Å². The lowest BCUT2D eigenvalue weighted by Crippen LogP contribution is -2.21. The monoisotopic (exact) mass is 218 g/mol. The molecule has 0 aliphatic rings. The van der Waals surface area contributed by atoms with Crippen molar-refractivity contribution in [1.29, 1.82) is 0 Å². The van der Waals surface area contributed by atoms with Crippen LogP contribution in [0, 0.1) is 6.92 Å². The molecule has 1 amide bonds. The van der Waals surface area contributed by atoms with Gasteiger partial charge in [0.2, 0.25) is 0 Å². The van der Waals surface area contributed by atoms with E-state index in [9.17, 15) is 9.59 Å². The third-order valence-corrected chi connectivity index (χ3v) is 2.14. The highest BCUT2D eigenvalue weighted by Gasteiger charge is 2.06. The summed E-state index contributed by atoms with van der Waals surface area (Å²) in [4.78, 5) is 28.9. The average Bonchev–Trinajstić information content (AvgIpc) is 2.64. The fraction of sp³-hybridized carbons (Fsp3) is 0.100. The van der Waals surface area contributed by atoms with E-state index in [-0.39, 0.29) is 11.3 Å². The lowest BCUT2D eigenvalue weighted by Gasteiger charge is -2.01. The number of pyridine rings is 1. The van der Waals surface area contributed by atoms with Crippen LogP contribution in [-0.2, 0) is 0 Å². The number of aromatic nitrogens is 3. The third-order valence-electron chi connectivity index (χ3n) is 2.14. The summed E-state index contributed by atoms with van der Waals surface area (Å²) in [6.45, 7) is 1.82. The number of carbonyl (C=O) groups excluding carboxylic acids is 1. The summed E-state index contributed by atoms with van der Waals surface area (Å²) in [5.41, 5.74) is 5.95. The fourth-order valence-electron chi connectivity index (χ4n) is 1.37. The van der Waals surface area contributed by atoms with Crippen molar-refractivity contribution in [3.63, 3.8) is 0 Å². The number of carbonyl (C=O) groups is 1. The molecule has 2 aromatic heterocycles. The Balaban J connectivity index is 2.52. The van der Waals surface area contributed by atoms with Gasteiger partial charge in [0.15, 0.2) is 0 Å². The van der Waals surface area contributed by atoms with Crippen LogP contribution in [0.3, 0.4) is 0 Å². The van der Waals surface area contributed by atoms with Gasteiger partial charge >= 0.3 is 0 Å². The van der Waals surface area contributed by atoms with Crippen LogP contribution in [0.2, 0.25) is 0 Å². The first-order valence-electron chi connectivity index (χ1n) is 4.62. The second-order valence-electron chi connectivity index (χ2n) is 3.37. The zero-order chi connectivity index (χ0) is 11.7. The summed E-state index contributed by atoms with van der Waals surface area (Å²) in [6, 6.07) is 2.99. The summed E-state index contributed by atoms with van der Waals surface area (Å²) in [5.74, 6) is -0.662. The Morgan fingerprint density at radius 3 is 2.75 bits per heavy atom. The number of primary amides is 1. The highest BCUT2D eigenvalue weighted by atomic mass is 16.1. The van der Waals surface area contributed by atoms with Crippen LogP contribution in [0.1, 0.15) is 16.2 Å². The van der Waals surface area contributed by atoms with Crippen LogP contribution in [-0.4, -0.2) is 20.4 Å². The minimum atomic E-state index is -0.662. The van der Waals surface area contributed by atoms with Crippen molar-refractivity contribution < 1.29 is 4.79 Å². The molecule has 0 radical (unpaired) electrons. The molecule has 0 saturated carbocycles. The molecule has 2 aromatic rings. The molecule has 0 aliphatic heterocycles. The Bertz CT molecular complexity index is 597. The molecular weight excluding hydrogens is 208 g/mol. The van der Waals surface area contributed by atoms with Gasteiger partial charge in [0, 0.05) is 6.20 Å². The fourth-order valence-corrected chi connectivity index (χ4v) is 1.37. The van der Waals surface area contributed by atoms with Gasteiger partial charge < -0.3 is 15.3 Å². The van der Waals surface area contributed by atoms with E-state index >= 15 is 0 Å². The third kappa shape index (κ3) is 1.72. The molecule has 82 valence electrons. The van der Waals surface area contributed by atoms with Crippen molar-refractivity contribution >= 4 is 5.91 Å². The largest absolute Gasteiger partial charge is 0.364 e. The van der Waals surface area contributed by atoms with Gasteiger partial charge in [-0.2, -0.15) is 0 Å². The smallest absolute Gasteiger partial charge is 0.272 e. The maximum Gasteiger partial charge on any atom is 0.272 e. The number of nitrogens with one attached hydrogen (secondary N) is 1. The van der Waals surface area contributed by atoms with E-state index in [1.54, 1.807) is 10.8 Å². The maximum absolute atomic E-state index is 11.6. The van der Waals surface area contributed by atoms with Crippen molar-refractivity contribution in [3.8, 4) is 5.69 Å². The predicted octanol–water partition coefficient (Wildman–Crippen LogP) is -0.0321. The highest BCUT2D eigenvalue weighted by Crippen LogP contribution is 2.03. The van der Waals surface area contributed by atoms with Gasteiger partial charge in [-0.05, 0) is 19.1 Å². The van der Waals surface area contributed by atoms with Gasteiger partial charge in [-0.3, -0.25) is 9.59 Å². The van der Waals surface area contributed by atoms with Gasteiger partial charge in [-0.15, -0.1) is 0 Å². The number of imidazole rings is 1. The van der Waals surface area contributed by atoms with E-state index in [1.807, 2.05) is 6.92 Å². The van der Waals surface area contributed by atoms with Crippen molar-refractivity contribution in [3.05, 3.63) is 46.4 Å². The second kappa shape index (κ2) is 3.65. The predicted molar refractivity (Wildman–Crippen MR) is 57.4 cm³/mol. The Kier molecular flexibility index (Phi) is 2.32. The Morgan fingerprint density at radius 1 is 1.50 bits per heavy atom. The van der Waals surface area contributed by atoms with Gasteiger partial charge in [0.25, 0.3) is 11.5 Å². The molecule has 3 N–H and O–H groups in total. The van der Waals surface area contributed by atoms with Crippen LogP contribution in [0.4, 0.5) is 0 Å². The van der Waals surface area contributed by atoms with Gasteiger partial charge in [-0.25, -0.2) is 4.98 Å². The summed E-state index contributed by atoms with van der Waals surface area (Å²) in [6.07, 6.45) is 3.25. The minimum absolute atomic E-state index is 0.0885. The molecule has 6 heteroatoms. The van der Waals surface area contributed by atoms with Crippen LogP contribution in [0.15, 0.2) is 29.5 Å². The SMILES string of the molecule is Cc1cn(-c2ccc(C(N)=O)[nH]c2=O)cn1. The second-order valence-corrected chi connectivity index (χ2v) is 3.37. The summed E-state index contributed by atoms with van der Waals surface area (Å²) in [5, 5.41) is 0. The number of hydrogen-bond acceptors (Lipinski definition) is 3. The number of aromatic amines is 1. The molecule has 0 aromatic carbocycles. The minimum Gasteiger partial charge on any atom is -0.364 e. The van der Waals surface area contributed by atoms with E-state index in [0.717, 1.165) is 5.69 Å². The molecule has 0 aliphatic carbocycles. The van der Waals surface area contributed by atoms with E-state index < -0.39 is 5.91 Å². The Labute approximate surface area is 90.7 Å². The molecular formula is C10H10N4O2. The first kappa shape index (κ1) is 10.2. The molecule has 0 spiro atoms. The number of aryl methyl sites for hydroxylation is 1. The first-order valence-corrected chi connectivity index (χ1v) is 4.62. The zero-order valence-electron chi connectivity index (χ0n) is 8.60. The number of rotatable bonds is 2. The van der Waals surface area contributed by atoms with Crippen molar-refractivity contribution in [2.45, 2.75) is 6.92 Å². The molecule has 0 fully saturated rings. The summed E-state index contributed by atoms with van der Waals surface area (Å²) >= 11 is 0. The molecule has 0 atom stereocenters. The van der Waals surface area contributed by atoms with Gasteiger partial charge in [0.05, 0.1) is 12.0 Å². The van der Waals surface area contributed by atoms with E-state index in [0.29, 0.717) is 5.69 Å². The van der Waals surface area contributed by atoms with E-state index in [2.05, 4.69) is 9.97 Å². The lowest BCUT2D eigenvalue weighted by atomic mass is 10.3. The number of nitrogens with two attached hydrogens (primary N) is 1. The molecule has 0 saturated heterocycles. The van der Waals surface area contributed by atoms with Crippen molar-refractivity contribution in [2.75, 3.05) is 0 Å². The normalized spacial score (nSPS) is 10.3. The molecule has 16 heavy (non-hydrogen) atoms. The lowest BCUT2D eigenvalue weighted by molar-refractivity contribution is 0.0995. The van der Waals surface area contributed by atoms with Gasteiger partial charge in [0.1, 0.15) is 11.4 Å². The number of nitrogens with zero attached hydrogens (tertiary/aromatic N) is 2. The number of H-pyrrole nitrogens is 1.